The zero-order valence-corrected chi connectivity index (χ0v) is 13.9. The Kier molecular flexibility index (Phi) is 5.52. The molecule has 0 aliphatic heterocycles. The molecular weight excluding hydrogens is 266 g/mol. The Morgan fingerprint density at radius 2 is 1.81 bits per heavy atom. The van der Waals surface area contributed by atoms with E-state index in [1.807, 2.05) is 41.5 Å². The molecule has 0 bridgehead atoms. The van der Waals surface area contributed by atoms with E-state index in [-0.39, 0.29) is 17.9 Å². The highest BCUT2D eigenvalue weighted by Gasteiger charge is 2.20. The minimum absolute atomic E-state index is 0.0499. The maximum atomic E-state index is 12.0. The van der Waals surface area contributed by atoms with Crippen LogP contribution in [0.15, 0.2) is 0 Å². The van der Waals surface area contributed by atoms with Crippen molar-refractivity contribution in [1.29, 1.82) is 0 Å². The van der Waals surface area contributed by atoms with Crippen LogP contribution in [0.25, 0.3) is 0 Å². The van der Waals surface area contributed by atoms with Gasteiger partial charge in [0.1, 0.15) is 17.5 Å². The van der Waals surface area contributed by atoms with Crippen molar-refractivity contribution < 1.29 is 4.79 Å². The standard InChI is InChI=1S/C15H27N5O/c1-7-20(8-2)11(21)9-17-13-10(3)12(16)18-14(19-13)15(4,5)6/h7-9H2,1-6H3,(H3,16,17,18,19). The van der Waals surface area contributed by atoms with Crippen molar-refractivity contribution in [3.63, 3.8) is 0 Å². The number of nitrogens with one attached hydrogen (secondary N) is 1. The lowest BCUT2D eigenvalue weighted by Gasteiger charge is -2.21. The van der Waals surface area contributed by atoms with Gasteiger partial charge >= 0.3 is 0 Å². The fourth-order valence-electron chi connectivity index (χ4n) is 1.89. The van der Waals surface area contributed by atoms with Crippen LogP contribution in [-0.4, -0.2) is 40.4 Å². The molecule has 0 aromatic carbocycles. The zero-order valence-electron chi connectivity index (χ0n) is 13.9. The second-order valence-corrected chi connectivity index (χ2v) is 6.08. The van der Waals surface area contributed by atoms with Gasteiger partial charge in [-0.1, -0.05) is 20.8 Å². The number of nitrogen functional groups attached to an aromatic ring is 1. The quantitative estimate of drug-likeness (QED) is 0.866. The number of likely N-dealkylation sites (N-methyl/N-ethyl adjacent to an activating group) is 1. The molecule has 0 unspecified atom stereocenters. The number of rotatable bonds is 5. The molecule has 0 fully saturated rings. The number of hydrogen-bond acceptors (Lipinski definition) is 5. The molecular formula is C15H27N5O. The van der Waals surface area contributed by atoms with Crippen LogP contribution in [0.3, 0.4) is 0 Å². The molecule has 0 aliphatic rings. The van der Waals surface area contributed by atoms with Gasteiger partial charge in [-0.3, -0.25) is 4.79 Å². The van der Waals surface area contributed by atoms with E-state index in [0.717, 1.165) is 5.56 Å². The first kappa shape index (κ1) is 17.2. The van der Waals surface area contributed by atoms with Gasteiger partial charge in [-0.2, -0.15) is 0 Å². The molecule has 1 heterocycles. The van der Waals surface area contributed by atoms with Gasteiger partial charge in [-0.15, -0.1) is 0 Å². The third kappa shape index (κ3) is 4.31. The van der Waals surface area contributed by atoms with Gasteiger partial charge in [0.05, 0.1) is 6.54 Å². The molecule has 1 aromatic rings. The Hall–Kier alpha value is -1.85. The van der Waals surface area contributed by atoms with Crippen LogP contribution in [-0.2, 0) is 10.2 Å². The summed E-state index contributed by atoms with van der Waals surface area (Å²) >= 11 is 0. The minimum atomic E-state index is -0.193. The van der Waals surface area contributed by atoms with Crippen LogP contribution in [0, 0.1) is 6.92 Å². The van der Waals surface area contributed by atoms with Crippen molar-refractivity contribution in [1.82, 2.24) is 14.9 Å². The summed E-state index contributed by atoms with van der Waals surface area (Å²) in [5, 5.41) is 3.09. The highest BCUT2D eigenvalue weighted by atomic mass is 16.2. The smallest absolute Gasteiger partial charge is 0.241 e. The molecule has 1 amide bonds. The van der Waals surface area contributed by atoms with Crippen molar-refractivity contribution in [2.24, 2.45) is 0 Å². The monoisotopic (exact) mass is 293 g/mol. The van der Waals surface area contributed by atoms with Gasteiger partial charge in [0.15, 0.2) is 0 Å². The van der Waals surface area contributed by atoms with E-state index in [1.54, 1.807) is 4.90 Å². The molecule has 21 heavy (non-hydrogen) atoms. The lowest BCUT2D eigenvalue weighted by atomic mass is 9.95. The Morgan fingerprint density at radius 1 is 1.24 bits per heavy atom. The molecule has 0 aliphatic carbocycles. The van der Waals surface area contributed by atoms with E-state index in [1.165, 1.54) is 0 Å². The van der Waals surface area contributed by atoms with Gasteiger partial charge in [-0.25, -0.2) is 9.97 Å². The molecule has 0 saturated carbocycles. The van der Waals surface area contributed by atoms with E-state index in [4.69, 9.17) is 5.73 Å². The van der Waals surface area contributed by atoms with E-state index < -0.39 is 0 Å². The van der Waals surface area contributed by atoms with Gasteiger partial charge in [0.2, 0.25) is 5.91 Å². The highest BCUT2D eigenvalue weighted by molar-refractivity contribution is 5.81. The summed E-state index contributed by atoms with van der Waals surface area (Å²) in [6.45, 7) is 13.5. The maximum absolute atomic E-state index is 12.0. The lowest BCUT2D eigenvalue weighted by Crippen LogP contribution is -2.35. The Balaban J connectivity index is 2.93. The molecule has 0 saturated heterocycles. The van der Waals surface area contributed by atoms with Crippen molar-refractivity contribution in [2.75, 3.05) is 30.7 Å². The molecule has 118 valence electrons. The molecule has 6 nitrogen and oxygen atoms in total. The summed E-state index contributed by atoms with van der Waals surface area (Å²) in [6.07, 6.45) is 0. The zero-order chi connectivity index (χ0) is 16.2. The average Bonchev–Trinajstić information content (AvgIpc) is 2.40. The molecule has 1 rings (SSSR count). The third-order valence-electron chi connectivity index (χ3n) is 3.38. The number of anilines is 2. The van der Waals surface area contributed by atoms with Gasteiger partial charge in [-0.05, 0) is 20.8 Å². The number of amides is 1. The van der Waals surface area contributed by atoms with Crippen LogP contribution in [0.4, 0.5) is 11.6 Å². The van der Waals surface area contributed by atoms with Crippen LogP contribution >= 0.6 is 0 Å². The second-order valence-electron chi connectivity index (χ2n) is 6.08. The predicted octanol–water partition coefficient (Wildman–Crippen LogP) is 1.95. The largest absolute Gasteiger partial charge is 0.383 e. The molecule has 3 N–H and O–H groups in total. The maximum Gasteiger partial charge on any atom is 0.241 e. The minimum Gasteiger partial charge on any atom is -0.383 e. The third-order valence-corrected chi connectivity index (χ3v) is 3.38. The first-order chi connectivity index (χ1) is 9.70. The molecule has 1 aromatic heterocycles. The van der Waals surface area contributed by atoms with Crippen LogP contribution < -0.4 is 11.1 Å². The fraction of sp³-hybridized carbons (Fsp3) is 0.667. The van der Waals surface area contributed by atoms with E-state index in [2.05, 4.69) is 15.3 Å². The van der Waals surface area contributed by atoms with E-state index in [9.17, 15) is 4.79 Å². The average molecular weight is 293 g/mol. The van der Waals surface area contributed by atoms with Crippen molar-refractivity contribution in [2.45, 2.75) is 47.0 Å². The Labute approximate surface area is 127 Å². The number of nitrogens with zero attached hydrogens (tertiary/aromatic N) is 3. The van der Waals surface area contributed by atoms with Gasteiger partial charge in [0.25, 0.3) is 0 Å². The predicted molar refractivity (Wildman–Crippen MR) is 86.3 cm³/mol. The topological polar surface area (TPSA) is 84.1 Å². The van der Waals surface area contributed by atoms with Crippen molar-refractivity contribution in [3.05, 3.63) is 11.4 Å². The summed E-state index contributed by atoms with van der Waals surface area (Å²) in [4.78, 5) is 22.7. The number of aromatic nitrogens is 2. The Morgan fingerprint density at radius 3 is 2.29 bits per heavy atom. The molecule has 6 heteroatoms. The first-order valence-electron chi connectivity index (χ1n) is 7.36. The molecule has 0 spiro atoms. The second kappa shape index (κ2) is 6.74. The van der Waals surface area contributed by atoms with E-state index >= 15 is 0 Å². The fourth-order valence-corrected chi connectivity index (χ4v) is 1.89. The summed E-state index contributed by atoms with van der Waals surface area (Å²) < 4.78 is 0. The summed E-state index contributed by atoms with van der Waals surface area (Å²) in [5.74, 6) is 1.80. The van der Waals surface area contributed by atoms with Crippen LogP contribution in [0.1, 0.15) is 46.0 Å². The number of carbonyl (C=O) groups is 1. The lowest BCUT2D eigenvalue weighted by molar-refractivity contribution is -0.128. The Bertz CT molecular complexity index is 504. The van der Waals surface area contributed by atoms with Gasteiger partial charge in [0, 0.05) is 24.1 Å². The van der Waals surface area contributed by atoms with Crippen LogP contribution in [0.2, 0.25) is 0 Å². The number of hydrogen-bond donors (Lipinski definition) is 2. The van der Waals surface area contributed by atoms with Gasteiger partial charge < -0.3 is 16.0 Å². The SMILES string of the molecule is CCN(CC)C(=O)CNc1nc(C(C)(C)C)nc(N)c1C. The number of carbonyl (C=O) groups excluding carboxylic acids is 1. The van der Waals surface area contributed by atoms with Crippen molar-refractivity contribution in [3.8, 4) is 0 Å². The van der Waals surface area contributed by atoms with Crippen LogP contribution in [0.5, 0.6) is 0 Å². The summed E-state index contributed by atoms with van der Waals surface area (Å²) in [7, 11) is 0. The van der Waals surface area contributed by atoms with Crippen molar-refractivity contribution >= 4 is 17.5 Å². The van der Waals surface area contributed by atoms with E-state index in [0.29, 0.717) is 30.5 Å². The normalized spacial score (nSPS) is 11.3. The molecule has 0 atom stereocenters. The molecule has 0 radical (unpaired) electrons. The highest BCUT2D eigenvalue weighted by Crippen LogP contribution is 2.24. The summed E-state index contributed by atoms with van der Waals surface area (Å²) in [5.41, 5.74) is 6.53. The first-order valence-corrected chi connectivity index (χ1v) is 7.36. The number of nitrogens with two attached hydrogens (primary N) is 1. The summed E-state index contributed by atoms with van der Waals surface area (Å²) in [6, 6.07) is 0.